The number of aryl methyl sites for hydroxylation is 1. The quantitative estimate of drug-likeness (QED) is 0.438. The van der Waals surface area contributed by atoms with Crippen molar-refractivity contribution in [1.29, 1.82) is 0 Å². The molecule has 6 heteroatoms. The van der Waals surface area contributed by atoms with Crippen LogP contribution in [0.1, 0.15) is 43.3 Å². The highest BCUT2D eigenvalue weighted by molar-refractivity contribution is 6.02. The normalized spacial score (nSPS) is 19.8. The van der Waals surface area contributed by atoms with Crippen LogP contribution >= 0.6 is 0 Å². The minimum atomic E-state index is -0.514. The molecule has 0 spiro atoms. The van der Waals surface area contributed by atoms with Gasteiger partial charge in [-0.3, -0.25) is 19.3 Å². The molecule has 1 aliphatic heterocycles. The van der Waals surface area contributed by atoms with Gasteiger partial charge in [0.25, 0.3) is 0 Å². The summed E-state index contributed by atoms with van der Waals surface area (Å²) in [6.45, 7) is 4.88. The van der Waals surface area contributed by atoms with Crippen molar-refractivity contribution in [3.63, 3.8) is 0 Å². The first kappa shape index (κ1) is 26.5. The topological polar surface area (TPSA) is 86.7 Å². The van der Waals surface area contributed by atoms with Gasteiger partial charge in [-0.25, -0.2) is 0 Å². The monoisotopic (exact) mass is 498 g/mol. The number of benzene rings is 3. The van der Waals surface area contributed by atoms with E-state index < -0.39 is 11.8 Å². The first-order valence-corrected chi connectivity index (χ1v) is 12.7. The molecule has 2 atom stereocenters. The number of hydrogen-bond donors (Lipinski definition) is 2. The van der Waals surface area contributed by atoms with Gasteiger partial charge in [0.15, 0.2) is 11.6 Å². The van der Waals surface area contributed by atoms with Gasteiger partial charge >= 0.3 is 0 Å². The lowest BCUT2D eigenvalue weighted by Gasteiger charge is -2.43. The summed E-state index contributed by atoms with van der Waals surface area (Å²) in [5.74, 6) is -1.66. The van der Waals surface area contributed by atoms with Gasteiger partial charge in [-0.1, -0.05) is 78.9 Å². The molecule has 3 aromatic rings. The predicted octanol–water partition coefficient (Wildman–Crippen LogP) is 3.81. The molecule has 192 valence electrons. The number of likely N-dealkylation sites (tertiary alicyclic amines) is 1. The van der Waals surface area contributed by atoms with Crippen LogP contribution in [0.15, 0.2) is 78.9 Å². The van der Waals surface area contributed by atoms with Crippen molar-refractivity contribution in [2.75, 3.05) is 32.8 Å². The summed E-state index contributed by atoms with van der Waals surface area (Å²) >= 11 is 0. The van der Waals surface area contributed by atoms with Gasteiger partial charge in [-0.2, -0.15) is 0 Å². The van der Waals surface area contributed by atoms with Crippen LogP contribution in [-0.2, 0) is 4.79 Å². The number of Topliss-reactive ketones (excluding diaryl/α,β-unsaturated/α-hetero) is 2. The highest BCUT2D eigenvalue weighted by Crippen LogP contribution is 2.42. The molecule has 1 fully saturated rings. The van der Waals surface area contributed by atoms with Crippen LogP contribution < -0.4 is 5.32 Å². The Morgan fingerprint density at radius 1 is 0.811 bits per heavy atom. The van der Waals surface area contributed by atoms with E-state index in [0.29, 0.717) is 24.2 Å². The fourth-order valence-corrected chi connectivity index (χ4v) is 5.42. The molecule has 2 unspecified atom stereocenters. The smallest absolute Gasteiger partial charge is 0.234 e. The number of amides is 1. The number of piperidine rings is 1. The molecule has 1 heterocycles. The third-order valence-electron chi connectivity index (χ3n) is 7.37. The molecule has 0 radical (unpaired) electrons. The highest BCUT2D eigenvalue weighted by Gasteiger charge is 2.45. The van der Waals surface area contributed by atoms with Crippen molar-refractivity contribution in [1.82, 2.24) is 10.2 Å². The number of hydrogen-bond acceptors (Lipinski definition) is 5. The van der Waals surface area contributed by atoms with E-state index in [0.717, 1.165) is 16.7 Å². The van der Waals surface area contributed by atoms with Gasteiger partial charge in [0, 0.05) is 48.5 Å². The average Bonchev–Trinajstić information content (AvgIpc) is 2.93. The summed E-state index contributed by atoms with van der Waals surface area (Å²) in [6.07, 6.45) is 0. The van der Waals surface area contributed by atoms with Gasteiger partial charge in [0.05, 0.1) is 13.2 Å². The molecule has 4 rings (SSSR count). The zero-order valence-electron chi connectivity index (χ0n) is 21.4. The zero-order chi connectivity index (χ0) is 26.4. The summed E-state index contributed by atoms with van der Waals surface area (Å²) in [4.78, 5) is 42.5. The van der Waals surface area contributed by atoms with Crippen molar-refractivity contribution < 1.29 is 19.5 Å². The third-order valence-corrected chi connectivity index (χ3v) is 7.37. The summed E-state index contributed by atoms with van der Waals surface area (Å²) in [7, 11) is 0. The number of nitrogens with zero attached hydrogens (tertiary/aromatic N) is 1. The Balaban J connectivity index is 1.80. The number of carbonyl (C=O) groups excluding carboxylic acids is 3. The molecule has 6 nitrogen and oxygen atoms in total. The number of carbonyl (C=O) groups is 3. The van der Waals surface area contributed by atoms with Crippen LogP contribution in [0.4, 0.5) is 0 Å². The fourth-order valence-electron chi connectivity index (χ4n) is 5.42. The number of aliphatic hydroxyl groups is 1. The Bertz CT molecular complexity index is 1180. The van der Waals surface area contributed by atoms with Crippen molar-refractivity contribution in [2.45, 2.75) is 19.8 Å². The van der Waals surface area contributed by atoms with E-state index in [1.54, 1.807) is 0 Å². The summed E-state index contributed by atoms with van der Waals surface area (Å²) in [6, 6.07) is 24.4. The maximum atomic E-state index is 14.0. The molecule has 37 heavy (non-hydrogen) atoms. The Hall–Kier alpha value is -3.61. The second-order valence-electron chi connectivity index (χ2n) is 9.76. The number of rotatable bonds is 9. The Morgan fingerprint density at radius 2 is 1.35 bits per heavy atom. The van der Waals surface area contributed by atoms with Crippen LogP contribution in [-0.4, -0.2) is 60.3 Å². The maximum Gasteiger partial charge on any atom is 0.234 e. The summed E-state index contributed by atoms with van der Waals surface area (Å²) in [5.41, 5.74) is 4.40. The predicted molar refractivity (Wildman–Crippen MR) is 144 cm³/mol. The molecule has 3 aromatic carbocycles. The molecule has 0 aromatic heterocycles. The van der Waals surface area contributed by atoms with Crippen molar-refractivity contribution in [3.8, 4) is 0 Å². The second-order valence-corrected chi connectivity index (χ2v) is 9.76. The molecule has 0 saturated carbocycles. The minimum Gasteiger partial charge on any atom is -0.395 e. The lowest BCUT2D eigenvalue weighted by atomic mass is 9.67. The number of aliphatic hydroxyl groups excluding tert-OH is 1. The average molecular weight is 499 g/mol. The minimum absolute atomic E-state index is 0.0298. The molecular formula is C31H34N2O4. The lowest BCUT2D eigenvalue weighted by Crippen LogP contribution is -2.53. The number of ketones is 2. The first-order valence-electron chi connectivity index (χ1n) is 12.7. The van der Waals surface area contributed by atoms with Gasteiger partial charge in [0.1, 0.15) is 0 Å². The van der Waals surface area contributed by atoms with Crippen molar-refractivity contribution >= 4 is 17.5 Å². The zero-order valence-corrected chi connectivity index (χ0v) is 21.4. The summed E-state index contributed by atoms with van der Waals surface area (Å²) < 4.78 is 0. The molecular weight excluding hydrogens is 464 g/mol. The van der Waals surface area contributed by atoms with Gasteiger partial charge in [-0.05, 0) is 30.5 Å². The van der Waals surface area contributed by atoms with E-state index in [1.807, 2.05) is 97.6 Å². The number of nitrogens with one attached hydrogen (secondary N) is 1. The van der Waals surface area contributed by atoms with Gasteiger partial charge in [0.2, 0.25) is 5.91 Å². The van der Waals surface area contributed by atoms with Crippen LogP contribution in [0, 0.1) is 25.7 Å². The Labute approximate surface area is 218 Å². The van der Waals surface area contributed by atoms with Gasteiger partial charge in [-0.15, -0.1) is 0 Å². The van der Waals surface area contributed by atoms with Crippen LogP contribution in [0.2, 0.25) is 0 Å². The third kappa shape index (κ3) is 6.04. The summed E-state index contributed by atoms with van der Waals surface area (Å²) in [5, 5.41) is 11.8. The molecule has 2 N–H and O–H groups in total. The van der Waals surface area contributed by atoms with Crippen molar-refractivity contribution in [2.24, 2.45) is 11.8 Å². The van der Waals surface area contributed by atoms with Gasteiger partial charge < -0.3 is 10.4 Å². The fraction of sp³-hybridized carbons (Fsp3) is 0.323. The van der Waals surface area contributed by atoms with Crippen molar-refractivity contribution in [3.05, 3.63) is 107 Å². The van der Waals surface area contributed by atoms with E-state index in [9.17, 15) is 14.4 Å². The second kappa shape index (κ2) is 12.1. The maximum absolute atomic E-state index is 14.0. The van der Waals surface area contributed by atoms with Crippen LogP contribution in [0.25, 0.3) is 0 Å². The van der Waals surface area contributed by atoms with Crippen LogP contribution in [0.3, 0.4) is 0 Å². The standard InChI is InChI=1S/C31H34N2O4/c1-21-10-9-15-25(22(21)2)29-26(30(36)23-11-5-3-6-12-23)18-33(20-28(35)32-16-17-34)19-27(29)31(37)24-13-7-4-8-14-24/h3-15,26-27,29,34H,16-20H2,1-2H3,(H,32,35). The molecule has 1 saturated heterocycles. The SMILES string of the molecule is Cc1cccc(C2C(C(=O)c3ccccc3)CN(CC(=O)NCCO)CC2C(=O)c2ccccc2)c1C. The molecule has 1 amide bonds. The Morgan fingerprint density at radius 3 is 1.86 bits per heavy atom. The van der Waals surface area contributed by atoms with E-state index >= 15 is 0 Å². The molecule has 0 bridgehead atoms. The highest BCUT2D eigenvalue weighted by atomic mass is 16.3. The molecule has 1 aliphatic rings. The van der Waals surface area contributed by atoms with E-state index in [-0.39, 0.29) is 43.1 Å². The lowest BCUT2D eigenvalue weighted by molar-refractivity contribution is -0.123. The van der Waals surface area contributed by atoms with Crippen LogP contribution in [0.5, 0.6) is 0 Å². The van der Waals surface area contributed by atoms with E-state index in [1.165, 1.54) is 0 Å². The van der Waals surface area contributed by atoms with E-state index in [4.69, 9.17) is 5.11 Å². The first-order chi connectivity index (χ1) is 17.9. The van der Waals surface area contributed by atoms with E-state index in [2.05, 4.69) is 5.32 Å². The Kier molecular flexibility index (Phi) is 8.64. The molecule has 0 aliphatic carbocycles. The largest absolute Gasteiger partial charge is 0.395 e.